The van der Waals surface area contributed by atoms with Crippen molar-refractivity contribution in [3.8, 4) is 11.3 Å². The number of aromatic nitrogens is 4. The summed E-state index contributed by atoms with van der Waals surface area (Å²) in [6, 6.07) is 7.29. The van der Waals surface area contributed by atoms with Crippen LogP contribution in [0.4, 0.5) is 5.82 Å². The predicted octanol–water partition coefficient (Wildman–Crippen LogP) is 3.64. The summed E-state index contributed by atoms with van der Waals surface area (Å²) in [4.78, 5) is 11.1. The topological polar surface area (TPSA) is 65.3 Å². The molecular formula is C21H29N5O2Si. The summed E-state index contributed by atoms with van der Waals surface area (Å²) in [6.07, 6.45) is 5.53. The third-order valence-corrected chi connectivity index (χ3v) is 6.82. The fourth-order valence-corrected chi connectivity index (χ4v) is 4.15. The van der Waals surface area contributed by atoms with E-state index in [2.05, 4.69) is 40.6 Å². The molecule has 0 unspecified atom stereocenters. The molecule has 4 heterocycles. The standard InChI is InChI=1S/C21H29N5O2Si/c1-29(2,3)13-12-28-16-26-19-15-22-6-5-18(19)21(24-26)17-4-7-23-20(14-17)25-8-10-27-11-9-25/h4-7,14-15H,8-13,16H2,1-3H3. The normalized spacial score (nSPS) is 15.2. The molecule has 3 aromatic heterocycles. The van der Waals surface area contributed by atoms with Gasteiger partial charge in [-0.25, -0.2) is 9.67 Å². The lowest BCUT2D eigenvalue weighted by Crippen LogP contribution is -2.36. The Morgan fingerprint density at radius 1 is 1.14 bits per heavy atom. The number of pyridine rings is 2. The molecule has 0 saturated carbocycles. The molecule has 0 N–H and O–H groups in total. The second-order valence-corrected chi connectivity index (χ2v) is 14.2. The van der Waals surface area contributed by atoms with Gasteiger partial charge in [-0.15, -0.1) is 0 Å². The van der Waals surface area contributed by atoms with Gasteiger partial charge in [0.15, 0.2) is 0 Å². The Kier molecular flexibility index (Phi) is 5.93. The Labute approximate surface area is 172 Å². The summed E-state index contributed by atoms with van der Waals surface area (Å²) in [5.41, 5.74) is 2.98. The van der Waals surface area contributed by atoms with Gasteiger partial charge in [0, 0.05) is 51.1 Å². The first-order valence-electron chi connectivity index (χ1n) is 10.2. The molecule has 3 aromatic rings. The molecule has 1 aliphatic heterocycles. The van der Waals surface area contributed by atoms with Crippen LogP contribution in [-0.2, 0) is 16.2 Å². The molecule has 7 nitrogen and oxygen atoms in total. The van der Waals surface area contributed by atoms with Crippen molar-refractivity contribution in [3.05, 3.63) is 36.8 Å². The van der Waals surface area contributed by atoms with Crippen LogP contribution in [0.5, 0.6) is 0 Å². The van der Waals surface area contributed by atoms with Crippen molar-refractivity contribution in [1.29, 1.82) is 0 Å². The summed E-state index contributed by atoms with van der Waals surface area (Å²) in [7, 11) is -1.11. The van der Waals surface area contributed by atoms with E-state index in [4.69, 9.17) is 14.6 Å². The van der Waals surface area contributed by atoms with Crippen molar-refractivity contribution < 1.29 is 9.47 Å². The highest BCUT2D eigenvalue weighted by atomic mass is 28.3. The van der Waals surface area contributed by atoms with Crippen LogP contribution in [0.15, 0.2) is 36.8 Å². The predicted molar refractivity (Wildman–Crippen MR) is 118 cm³/mol. The minimum absolute atomic E-state index is 0.439. The zero-order valence-corrected chi connectivity index (χ0v) is 18.5. The van der Waals surface area contributed by atoms with E-state index < -0.39 is 8.07 Å². The molecule has 0 aliphatic carbocycles. The van der Waals surface area contributed by atoms with E-state index >= 15 is 0 Å². The van der Waals surface area contributed by atoms with Crippen LogP contribution < -0.4 is 4.90 Å². The van der Waals surface area contributed by atoms with Crippen LogP contribution in [0, 0.1) is 0 Å². The fourth-order valence-electron chi connectivity index (χ4n) is 3.39. The van der Waals surface area contributed by atoms with Gasteiger partial charge in [-0.05, 0) is 24.2 Å². The van der Waals surface area contributed by atoms with Crippen molar-refractivity contribution in [2.24, 2.45) is 0 Å². The first kappa shape index (κ1) is 20.0. The summed E-state index contributed by atoms with van der Waals surface area (Å²) < 4.78 is 13.3. The monoisotopic (exact) mass is 411 g/mol. The maximum Gasteiger partial charge on any atom is 0.140 e. The summed E-state index contributed by atoms with van der Waals surface area (Å²) >= 11 is 0. The molecule has 154 valence electrons. The highest BCUT2D eigenvalue weighted by Gasteiger charge is 2.17. The van der Waals surface area contributed by atoms with Crippen molar-refractivity contribution in [2.45, 2.75) is 32.4 Å². The first-order chi connectivity index (χ1) is 14.0. The zero-order valence-electron chi connectivity index (χ0n) is 17.5. The summed E-state index contributed by atoms with van der Waals surface area (Å²) in [6.45, 7) is 11.5. The van der Waals surface area contributed by atoms with Crippen LogP contribution in [0.1, 0.15) is 0 Å². The van der Waals surface area contributed by atoms with E-state index in [0.29, 0.717) is 6.73 Å². The average Bonchev–Trinajstić information content (AvgIpc) is 3.10. The molecule has 4 rings (SSSR count). The quantitative estimate of drug-likeness (QED) is 0.437. The van der Waals surface area contributed by atoms with E-state index in [9.17, 15) is 0 Å². The van der Waals surface area contributed by atoms with Gasteiger partial charge in [0.1, 0.15) is 18.2 Å². The van der Waals surface area contributed by atoms with Gasteiger partial charge >= 0.3 is 0 Å². The molecule has 0 amide bonds. The molecule has 1 fully saturated rings. The van der Waals surface area contributed by atoms with E-state index in [-0.39, 0.29) is 0 Å². The third kappa shape index (κ3) is 4.83. The number of hydrogen-bond donors (Lipinski definition) is 0. The molecule has 8 heteroatoms. The van der Waals surface area contributed by atoms with Crippen LogP contribution in [-0.4, -0.2) is 60.7 Å². The van der Waals surface area contributed by atoms with Crippen LogP contribution >= 0.6 is 0 Å². The molecule has 0 bridgehead atoms. The minimum Gasteiger partial charge on any atom is -0.378 e. The Morgan fingerprint density at radius 2 is 1.97 bits per heavy atom. The molecule has 0 spiro atoms. The lowest BCUT2D eigenvalue weighted by molar-refractivity contribution is 0.0818. The average molecular weight is 412 g/mol. The molecule has 1 saturated heterocycles. The zero-order chi connectivity index (χ0) is 20.3. The molecule has 29 heavy (non-hydrogen) atoms. The smallest absolute Gasteiger partial charge is 0.140 e. The Bertz CT molecular complexity index is 963. The van der Waals surface area contributed by atoms with Crippen LogP contribution in [0.2, 0.25) is 25.7 Å². The Balaban J connectivity index is 1.59. The van der Waals surface area contributed by atoms with Crippen molar-refractivity contribution in [2.75, 3.05) is 37.8 Å². The largest absolute Gasteiger partial charge is 0.378 e. The van der Waals surface area contributed by atoms with Gasteiger partial charge in [0.05, 0.1) is 24.9 Å². The fraction of sp³-hybridized carbons (Fsp3) is 0.476. The number of hydrogen-bond acceptors (Lipinski definition) is 6. The lowest BCUT2D eigenvalue weighted by atomic mass is 10.1. The summed E-state index contributed by atoms with van der Waals surface area (Å²) in [5, 5.41) is 5.95. The van der Waals surface area contributed by atoms with E-state index in [1.54, 1.807) is 0 Å². The van der Waals surface area contributed by atoms with Gasteiger partial charge < -0.3 is 14.4 Å². The lowest BCUT2D eigenvalue weighted by Gasteiger charge is -2.27. The number of nitrogens with zero attached hydrogens (tertiary/aromatic N) is 5. The van der Waals surface area contributed by atoms with Gasteiger partial charge in [-0.3, -0.25) is 4.98 Å². The Morgan fingerprint density at radius 3 is 2.76 bits per heavy atom. The van der Waals surface area contributed by atoms with Gasteiger partial charge in [0.2, 0.25) is 0 Å². The number of fused-ring (bicyclic) bond motifs is 1. The molecule has 1 aliphatic rings. The second-order valence-electron chi connectivity index (χ2n) is 8.59. The van der Waals surface area contributed by atoms with Crippen molar-refractivity contribution in [1.82, 2.24) is 19.7 Å². The Hall–Kier alpha value is -2.29. The number of anilines is 1. The third-order valence-electron chi connectivity index (χ3n) is 5.12. The number of rotatable bonds is 7. The maximum absolute atomic E-state index is 5.94. The molecule has 0 atom stereocenters. The number of ether oxygens (including phenoxy) is 2. The molecule has 0 radical (unpaired) electrons. The number of morpholine rings is 1. The maximum atomic E-state index is 5.94. The van der Waals surface area contributed by atoms with Gasteiger partial charge in [-0.1, -0.05) is 19.6 Å². The molecular weight excluding hydrogens is 382 g/mol. The second kappa shape index (κ2) is 8.60. The summed E-state index contributed by atoms with van der Waals surface area (Å²) in [5.74, 6) is 0.967. The van der Waals surface area contributed by atoms with Gasteiger partial charge in [-0.2, -0.15) is 5.10 Å². The van der Waals surface area contributed by atoms with Crippen molar-refractivity contribution >= 4 is 24.8 Å². The van der Waals surface area contributed by atoms with Crippen LogP contribution in [0.25, 0.3) is 22.2 Å². The SMILES string of the molecule is C[Si](C)(C)CCOCn1nc(-c2ccnc(N3CCOCC3)c2)c2ccncc21. The van der Waals surface area contributed by atoms with E-state index in [1.165, 1.54) is 0 Å². The first-order valence-corrected chi connectivity index (χ1v) is 13.9. The van der Waals surface area contributed by atoms with E-state index in [1.807, 2.05) is 35.4 Å². The van der Waals surface area contributed by atoms with E-state index in [0.717, 1.165) is 66.9 Å². The molecule has 0 aromatic carbocycles. The highest BCUT2D eigenvalue weighted by molar-refractivity contribution is 6.76. The van der Waals surface area contributed by atoms with Crippen molar-refractivity contribution in [3.63, 3.8) is 0 Å². The minimum atomic E-state index is -1.11. The van der Waals surface area contributed by atoms with Gasteiger partial charge in [0.25, 0.3) is 0 Å². The highest BCUT2D eigenvalue weighted by Crippen LogP contribution is 2.29. The van der Waals surface area contributed by atoms with Crippen LogP contribution in [0.3, 0.4) is 0 Å².